The van der Waals surface area contributed by atoms with Gasteiger partial charge in [-0.05, 0) is 52.1 Å². The Morgan fingerprint density at radius 2 is 1.30 bits per heavy atom. The normalized spacial score (nSPS) is 14.2. The fourth-order valence-corrected chi connectivity index (χ4v) is 9.74. The number of benzene rings is 6. The zero-order valence-corrected chi connectivity index (χ0v) is 26.6. The molecule has 3 aliphatic heterocycles. The third-order valence-corrected chi connectivity index (χ3v) is 11.5. The first-order valence-corrected chi connectivity index (χ1v) is 16.9. The number of para-hydroxylation sites is 4. The largest absolute Gasteiger partial charge is 0.309 e. The molecular formula is C41H28BN3S. The second-order valence-electron chi connectivity index (χ2n) is 13.9. The maximum atomic E-state index is 5.71. The van der Waals surface area contributed by atoms with Crippen LogP contribution in [0.5, 0.6) is 0 Å². The molecule has 0 aliphatic carbocycles. The highest BCUT2D eigenvalue weighted by Crippen LogP contribution is 2.53. The van der Waals surface area contributed by atoms with Crippen molar-refractivity contribution in [2.75, 3.05) is 4.90 Å². The molecule has 0 amide bonds. The van der Waals surface area contributed by atoms with Gasteiger partial charge >= 0.3 is 0 Å². The van der Waals surface area contributed by atoms with Crippen LogP contribution in [0.25, 0.3) is 49.2 Å². The standard InChI is InChI=1S/C41H28BN3S/c1-41(2,3)40-26-14-5-4-12-23(26)27-22-32-35-39(36(27)43-40)45-30-18-7-6-13-24(30)25-15-10-16-28(37(25)45)42(35)29-17-11-21-34-38(29)44(32)31-19-8-9-20-33(31)46-34/h4-22H,1-3H3. The summed E-state index contributed by atoms with van der Waals surface area (Å²) in [7, 11) is 0. The molecule has 0 atom stereocenters. The minimum atomic E-state index is -0.124. The highest BCUT2D eigenvalue weighted by Gasteiger charge is 2.45. The third kappa shape index (κ3) is 2.96. The van der Waals surface area contributed by atoms with E-state index in [0.29, 0.717) is 0 Å². The molecule has 5 heterocycles. The average molecular weight is 606 g/mol. The number of hydrogen-bond acceptors (Lipinski definition) is 3. The van der Waals surface area contributed by atoms with Crippen LogP contribution in [0.3, 0.4) is 0 Å². The molecule has 0 radical (unpaired) electrons. The molecule has 2 aromatic heterocycles. The van der Waals surface area contributed by atoms with E-state index in [1.54, 1.807) is 0 Å². The Balaban J connectivity index is 1.44. The Kier molecular flexibility index (Phi) is 4.62. The first-order valence-electron chi connectivity index (χ1n) is 16.1. The van der Waals surface area contributed by atoms with E-state index >= 15 is 0 Å². The van der Waals surface area contributed by atoms with Crippen LogP contribution < -0.4 is 21.3 Å². The predicted octanol–water partition coefficient (Wildman–Crippen LogP) is 8.86. The van der Waals surface area contributed by atoms with Crippen LogP contribution in [0.2, 0.25) is 0 Å². The summed E-state index contributed by atoms with van der Waals surface area (Å²) in [6.45, 7) is 6.97. The SMILES string of the molecule is CC(C)(C)c1nc2c3c4c(cc2c2ccccc12)N1c2ccccc2Sc2cccc(c21)B4c1cccc2c4ccccc4n-3c12. The Labute approximate surface area is 271 Å². The fraction of sp³-hybridized carbons (Fsp3) is 0.0976. The molecule has 3 aliphatic rings. The molecule has 0 N–H and O–H groups in total. The van der Waals surface area contributed by atoms with Crippen LogP contribution in [0, 0.1) is 0 Å². The lowest BCUT2D eigenvalue weighted by Gasteiger charge is -2.43. The van der Waals surface area contributed by atoms with Crippen molar-refractivity contribution in [1.82, 2.24) is 9.55 Å². The molecule has 0 saturated carbocycles. The van der Waals surface area contributed by atoms with E-state index in [0.717, 1.165) is 11.2 Å². The van der Waals surface area contributed by atoms with Gasteiger partial charge in [0.2, 0.25) is 0 Å². The van der Waals surface area contributed by atoms with Gasteiger partial charge in [0.25, 0.3) is 6.71 Å². The van der Waals surface area contributed by atoms with E-state index in [-0.39, 0.29) is 12.1 Å². The summed E-state index contributed by atoms with van der Waals surface area (Å²) in [5.41, 5.74) is 13.8. The first kappa shape index (κ1) is 25.2. The topological polar surface area (TPSA) is 21.1 Å². The van der Waals surface area contributed by atoms with Crippen LogP contribution in [0.4, 0.5) is 17.1 Å². The summed E-state index contributed by atoms with van der Waals surface area (Å²) in [6, 6.07) is 43.0. The van der Waals surface area contributed by atoms with Crippen molar-refractivity contribution >= 4 is 95.4 Å². The first-order chi connectivity index (χ1) is 22.5. The summed E-state index contributed by atoms with van der Waals surface area (Å²) in [5.74, 6) is 0. The van der Waals surface area contributed by atoms with E-state index in [9.17, 15) is 0 Å². The zero-order valence-electron chi connectivity index (χ0n) is 25.8. The van der Waals surface area contributed by atoms with E-state index < -0.39 is 0 Å². The summed E-state index contributed by atoms with van der Waals surface area (Å²) in [6.07, 6.45) is 0. The lowest BCUT2D eigenvalue weighted by molar-refractivity contribution is 0.578. The minimum absolute atomic E-state index is 0.0957. The van der Waals surface area contributed by atoms with E-state index in [1.165, 1.54) is 86.9 Å². The molecule has 216 valence electrons. The molecule has 0 unspecified atom stereocenters. The van der Waals surface area contributed by atoms with Gasteiger partial charge in [-0.25, -0.2) is 4.98 Å². The fourth-order valence-electron chi connectivity index (χ4n) is 8.64. The summed E-state index contributed by atoms with van der Waals surface area (Å²) in [4.78, 5) is 10.9. The number of fused-ring (bicyclic) bond motifs is 13. The molecule has 0 fully saturated rings. The van der Waals surface area contributed by atoms with Gasteiger partial charge in [0.15, 0.2) is 0 Å². The van der Waals surface area contributed by atoms with Gasteiger partial charge in [-0.2, -0.15) is 0 Å². The van der Waals surface area contributed by atoms with Gasteiger partial charge in [-0.3, -0.25) is 0 Å². The molecule has 46 heavy (non-hydrogen) atoms. The van der Waals surface area contributed by atoms with Crippen LogP contribution in [0.15, 0.2) is 125 Å². The van der Waals surface area contributed by atoms with Gasteiger partial charge in [-0.1, -0.05) is 117 Å². The second kappa shape index (κ2) is 8.42. The second-order valence-corrected chi connectivity index (χ2v) is 15.0. The maximum Gasteiger partial charge on any atom is 0.252 e. The van der Waals surface area contributed by atoms with Crippen molar-refractivity contribution < 1.29 is 0 Å². The van der Waals surface area contributed by atoms with E-state index in [1.807, 2.05) is 11.8 Å². The number of pyridine rings is 1. The Morgan fingerprint density at radius 3 is 2.17 bits per heavy atom. The van der Waals surface area contributed by atoms with Crippen LogP contribution in [-0.4, -0.2) is 16.3 Å². The average Bonchev–Trinajstić information content (AvgIpc) is 3.41. The highest BCUT2D eigenvalue weighted by atomic mass is 32.2. The van der Waals surface area contributed by atoms with Gasteiger partial charge in [0.1, 0.15) is 0 Å². The van der Waals surface area contributed by atoms with Crippen molar-refractivity contribution in [2.45, 2.75) is 36.0 Å². The van der Waals surface area contributed by atoms with Crippen molar-refractivity contribution in [3.63, 3.8) is 0 Å². The molecule has 11 rings (SSSR count). The highest BCUT2D eigenvalue weighted by molar-refractivity contribution is 7.99. The quantitative estimate of drug-likeness (QED) is 0.127. The molecule has 6 aromatic carbocycles. The van der Waals surface area contributed by atoms with Gasteiger partial charge in [0, 0.05) is 48.0 Å². The van der Waals surface area contributed by atoms with Crippen molar-refractivity contribution in [1.29, 1.82) is 0 Å². The summed E-state index contributed by atoms with van der Waals surface area (Å²) < 4.78 is 2.56. The lowest BCUT2D eigenvalue weighted by atomic mass is 9.33. The lowest BCUT2D eigenvalue weighted by Crippen LogP contribution is -2.60. The molecule has 3 nitrogen and oxygen atoms in total. The van der Waals surface area contributed by atoms with Crippen LogP contribution in [-0.2, 0) is 5.41 Å². The van der Waals surface area contributed by atoms with Gasteiger partial charge < -0.3 is 9.47 Å². The summed E-state index contributed by atoms with van der Waals surface area (Å²) >= 11 is 1.89. The molecular weight excluding hydrogens is 577 g/mol. The zero-order chi connectivity index (χ0) is 30.5. The Bertz CT molecular complexity index is 2680. The molecule has 8 aromatic rings. The molecule has 5 heteroatoms. The van der Waals surface area contributed by atoms with E-state index in [4.69, 9.17) is 4.98 Å². The van der Waals surface area contributed by atoms with Crippen LogP contribution >= 0.6 is 11.8 Å². The Hall–Kier alpha value is -5.00. The van der Waals surface area contributed by atoms with Gasteiger partial charge in [0.05, 0.1) is 33.8 Å². The number of aromatic nitrogens is 2. The van der Waals surface area contributed by atoms with Crippen molar-refractivity contribution in [3.05, 3.63) is 121 Å². The van der Waals surface area contributed by atoms with Crippen molar-refractivity contribution in [3.8, 4) is 5.69 Å². The number of nitrogens with zero attached hydrogens (tertiary/aromatic N) is 3. The maximum absolute atomic E-state index is 5.71. The number of hydrogen-bond donors (Lipinski definition) is 0. The molecule has 0 bridgehead atoms. The van der Waals surface area contributed by atoms with Gasteiger partial charge in [-0.15, -0.1) is 0 Å². The third-order valence-electron chi connectivity index (χ3n) is 10.4. The smallest absolute Gasteiger partial charge is 0.252 e. The minimum Gasteiger partial charge on any atom is -0.309 e. The predicted molar refractivity (Wildman–Crippen MR) is 196 cm³/mol. The number of rotatable bonds is 0. The molecule has 0 saturated heterocycles. The monoisotopic (exact) mass is 605 g/mol. The van der Waals surface area contributed by atoms with Crippen molar-refractivity contribution in [2.24, 2.45) is 0 Å². The van der Waals surface area contributed by atoms with E-state index in [2.05, 4.69) is 145 Å². The summed E-state index contributed by atoms with van der Waals surface area (Å²) in [5, 5.41) is 6.30. The Morgan fingerprint density at radius 1 is 0.609 bits per heavy atom. The van der Waals surface area contributed by atoms with Crippen LogP contribution in [0.1, 0.15) is 26.5 Å². The molecule has 0 spiro atoms. The number of anilines is 3.